The number of nitrogens with one attached hydrogen (secondary N) is 1. The third-order valence-electron chi connectivity index (χ3n) is 2.57. The van der Waals surface area contributed by atoms with Crippen molar-refractivity contribution in [2.75, 3.05) is 18.2 Å². The Labute approximate surface area is 115 Å². The number of ether oxygens (including phenoxy) is 1. The second-order valence-electron chi connectivity index (χ2n) is 4.06. The summed E-state index contributed by atoms with van der Waals surface area (Å²) in [5.74, 6) is -0.825. The van der Waals surface area contributed by atoms with E-state index in [0.717, 1.165) is 0 Å². The molecule has 0 bridgehead atoms. The maximum atomic E-state index is 11.9. The van der Waals surface area contributed by atoms with Crippen molar-refractivity contribution >= 4 is 23.3 Å². The summed E-state index contributed by atoms with van der Waals surface area (Å²) < 4.78 is 6.06. The predicted molar refractivity (Wildman–Crippen MR) is 73.1 cm³/mol. The first kappa shape index (κ1) is 13.6. The number of nitrogens with zero attached hydrogens (tertiary/aromatic N) is 2. The molecule has 104 valence electrons. The van der Waals surface area contributed by atoms with Crippen molar-refractivity contribution in [3.8, 4) is 0 Å². The Morgan fingerprint density at radius 3 is 2.80 bits per heavy atom. The Bertz CT molecular complexity index is 636. The fraction of sp³-hybridized carbons (Fsp3) is 0.154. The van der Waals surface area contributed by atoms with Gasteiger partial charge in [-0.1, -0.05) is 12.1 Å². The predicted octanol–water partition coefficient (Wildman–Crippen LogP) is 0.891. The average molecular weight is 274 g/mol. The minimum atomic E-state index is -0.510. The van der Waals surface area contributed by atoms with E-state index in [9.17, 15) is 9.59 Å². The van der Waals surface area contributed by atoms with Crippen LogP contribution in [-0.2, 0) is 16.1 Å². The number of para-hydroxylation sites is 1. The molecule has 0 aliphatic rings. The highest BCUT2D eigenvalue weighted by Crippen LogP contribution is 2.16. The zero-order chi connectivity index (χ0) is 14.5. The Kier molecular flexibility index (Phi) is 3.99. The summed E-state index contributed by atoms with van der Waals surface area (Å²) in [7, 11) is 1.29. The maximum absolute atomic E-state index is 11.9. The monoisotopic (exact) mass is 274 g/mol. The molecular formula is C13H14N4O3. The molecule has 0 unspecified atom stereocenters. The molecule has 0 radical (unpaired) electrons. The highest BCUT2D eigenvalue weighted by atomic mass is 16.5. The van der Waals surface area contributed by atoms with E-state index in [0.29, 0.717) is 16.9 Å². The molecule has 0 saturated heterocycles. The van der Waals surface area contributed by atoms with Crippen LogP contribution in [0, 0.1) is 0 Å². The van der Waals surface area contributed by atoms with E-state index in [1.165, 1.54) is 18.0 Å². The number of aromatic nitrogens is 2. The molecule has 20 heavy (non-hydrogen) atoms. The molecule has 1 aromatic heterocycles. The van der Waals surface area contributed by atoms with E-state index in [-0.39, 0.29) is 12.5 Å². The second-order valence-corrected chi connectivity index (χ2v) is 4.06. The molecule has 7 nitrogen and oxygen atoms in total. The molecule has 0 aliphatic carbocycles. The molecule has 0 saturated carbocycles. The Hall–Kier alpha value is -2.83. The number of amides is 1. The molecule has 0 aliphatic heterocycles. The zero-order valence-corrected chi connectivity index (χ0v) is 10.9. The number of esters is 1. The first-order valence-electron chi connectivity index (χ1n) is 5.85. The molecule has 2 rings (SSSR count). The minimum absolute atomic E-state index is 0.00665. The standard InChI is InChI=1S/C13H14N4O3/c1-20-13(19)10-4-2-3-5-11(10)16-12(18)8-17-7-9(14)6-15-17/h2-7H,8,14H2,1H3,(H,16,18). The lowest BCUT2D eigenvalue weighted by molar-refractivity contribution is -0.116. The van der Waals surface area contributed by atoms with Crippen molar-refractivity contribution in [1.82, 2.24) is 9.78 Å². The van der Waals surface area contributed by atoms with E-state index in [1.807, 2.05) is 0 Å². The van der Waals surface area contributed by atoms with Crippen LogP contribution in [0.2, 0.25) is 0 Å². The van der Waals surface area contributed by atoms with Crippen molar-refractivity contribution in [3.05, 3.63) is 42.2 Å². The first-order chi connectivity index (χ1) is 9.60. The van der Waals surface area contributed by atoms with Gasteiger partial charge in [-0.15, -0.1) is 0 Å². The number of methoxy groups -OCH3 is 1. The van der Waals surface area contributed by atoms with Crippen LogP contribution < -0.4 is 11.1 Å². The lowest BCUT2D eigenvalue weighted by Crippen LogP contribution is -2.20. The number of hydrogen-bond donors (Lipinski definition) is 2. The molecule has 2 aromatic rings. The highest BCUT2D eigenvalue weighted by molar-refractivity contribution is 6.01. The van der Waals surface area contributed by atoms with E-state index >= 15 is 0 Å². The van der Waals surface area contributed by atoms with E-state index in [4.69, 9.17) is 5.73 Å². The van der Waals surface area contributed by atoms with Gasteiger partial charge in [-0.3, -0.25) is 9.48 Å². The largest absolute Gasteiger partial charge is 0.465 e. The lowest BCUT2D eigenvalue weighted by Gasteiger charge is -2.09. The van der Waals surface area contributed by atoms with Crippen molar-refractivity contribution in [2.45, 2.75) is 6.54 Å². The molecular weight excluding hydrogens is 260 g/mol. The molecule has 7 heteroatoms. The van der Waals surface area contributed by atoms with Crippen LogP contribution in [0.25, 0.3) is 0 Å². The first-order valence-corrected chi connectivity index (χ1v) is 5.85. The molecule has 0 fully saturated rings. The Balaban J connectivity index is 2.10. The fourth-order valence-corrected chi connectivity index (χ4v) is 1.68. The average Bonchev–Trinajstić information content (AvgIpc) is 2.83. The summed E-state index contributed by atoms with van der Waals surface area (Å²) in [6, 6.07) is 6.61. The van der Waals surface area contributed by atoms with Crippen molar-refractivity contribution < 1.29 is 14.3 Å². The molecule has 1 aromatic carbocycles. The van der Waals surface area contributed by atoms with Gasteiger partial charge in [0.1, 0.15) is 6.54 Å². The van der Waals surface area contributed by atoms with Crippen LogP contribution in [0.3, 0.4) is 0 Å². The fourth-order valence-electron chi connectivity index (χ4n) is 1.68. The summed E-state index contributed by atoms with van der Waals surface area (Å²) in [6.07, 6.45) is 3.00. The number of nitrogens with two attached hydrogens (primary N) is 1. The number of nitrogen functional groups attached to an aromatic ring is 1. The van der Waals surface area contributed by atoms with Crippen molar-refractivity contribution in [2.24, 2.45) is 0 Å². The smallest absolute Gasteiger partial charge is 0.339 e. The maximum Gasteiger partial charge on any atom is 0.339 e. The van der Waals surface area contributed by atoms with Gasteiger partial charge >= 0.3 is 5.97 Å². The number of carbonyl (C=O) groups is 2. The summed E-state index contributed by atoms with van der Waals surface area (Å²) in [5, 5.41) is 6.55. The van der Waals surface area contributed by atoms with E-state index in [1.54, 1.807) is 30.5 Å². The van der Waals surface area contributed by atoms with Crippen LogP contribution in [0.4, 0.5) is 11.4 Å². The zero-order valence-electron chi connectivity index (χ0n) is 10.9. The van der Waals surface area contributed by atoms with Gasteiger partial charge in [0.05, 0.1) is 30.2 Å². The van der Waals surface area contributed by atoms with Gasteiger partial charge in [-0.05, 0) is 12.1 Å². The van der Waals surface area contributed by atoms with Gasteiger partial charge < -0.3 is 15.8 Å². The minimum Gasteiger partial charge on any atom is -0.465 e. The van der Waals surface area contributed by atoms with Crippen molar-refractivity contribution in [3.63, 3.8) is 0 Å². The summed E-state index contributed by atoms with van der Waals surface area (Å²) in [6.45, 7) is 0.00665. The number of rotatable bonds is 4. The van der Waals surface area contributed by atoms with E-state index < -0.39 is 5.97 Å². The number of hydrogen-bond acceptors (Lipinski definition) is 5. The molecule has 0 spiro atoms. The van der Waals surface area contributed by atoms with Crippen LogP contribution in [0.5, 0.6) is 0 Å². The number of benzene rings is 1. The summed E-state index contributed by atoms with van der Waals surface area (Å²) in [4.78, 5) is 23.5. The third-order valence-corrected chi connectivity index (χ3v) is 2.57. The molecule has 3 N–H and O–H groups in total. The van der Waals surface area contributed by atoms with Gasteiger partial charge in [-0.25, -0.2) is 4.79 Å². The highest BCUT2D eigenvalue weighted by Gasteiger charge is 2.13. The van der Waals surface area contributed by atoms with Crippen LogP contribution in [0.1, 0.15) is 10.4 Å². The topological polar surface area (TPSA) is 99.2 Å². The lowest BCUT2D eigenvalue weighted by atomic mass is 10.2. The molecule has 1 heterocycles. The number of anilines is 2. The molecule has 0 atom stereocenters. The normalized spacial score (nSPS) is 10.1. The van der Waals surface area contributed by atoms with Crippen LogP contribution >= 0.6 is 0 Å². The van der Waals surface area contributed by atoms with Crippen LogP contribution in [-0.4, -0.2) is 28.8 Å². The van der Waals surface area contributed by atoms with Gasteiger partial charge in [0.15, 0.2) is 0 Å². The van der Waals surface area contributed by atoms with Gasteiger partial charge in [0.2, 0.25) is 5.91 Å². The quantitative estimate of drug-likeness (QED) is 0.807. The summed E-state index contributed by atoms with van der Waals surface area (Å²) in [5.41, 5.74) is 6.68. The van der Waals surface area contributed by atoms with Crippen LogP contribution in [0.15, 0.2) is 36.7 Å². The third kappa shape index (κ3) is 3.14. The Morgan fingerprint density at radius 1 is 1.40 bits per heavy atom. The van der Waals surface area contributed by atoms with Crippen molar-refractivity contribution in [1.29, 1.82) is 0 Å². The SMILES string of the molecule is COC(=O)c1ccccc1NC(=O)Cn1cc(N)cn1. The van der Waals surface area contributed by atoms with E-state index in [2.05, 4.69) is 15.2 Å². The Morgan fingerprint density at radius 2 is 2.15 bits per heavy atom. The molecule has 1 amide bonds. The second kappa shape index (κ2) is 5.87. The van der Waals surface area contributed by atoms with Gasteiger partial charge in [-0.2, -0.15) is 5.10 Å². The van der Waals surface area contributed by atoms with Gasteiger partial charge in [0.25, 0.3) is 0 Å². The van der Waals surface area contributed by atoms with Gasteiger partial charge in [0, 0.05) is 6.20 Å². The number of carbonyl (C=O) groups excluding carboxylic acids is 2. The summed E-state index contributed by atoms with van der Waals surface area (Å²) >= 11 is 0.